The number of carbonyl (C=O) groups excluding carboxylic acids is 1. The van der Waals surface area contributed by atoms with E-state index in [2.05, 4.69) is 0 Å². The number of carbonyl (C=O) groups is 1. The first-order valence-corrected chi connectivity index (χ1v) is 13.7. The van der Waals surface area contributed by atoms with Gasteiger partial charge >= 0.3 is 0 Å². The topological polar surface area (TPSA) is 81.5 Å². The molecule has 6 nitrogen and oxygen atoms in total. The molecule has 0 aliphatic carbocycles. The van der Waals surface area contributed by atoms with E-state index < -0.39 is 10.0 Å². The van der Waals surface area contributed by atoms with Crippen molar-refractivity contribution in [2.24, 2.45) is 0 Å². The predicted octanol–water partition coefficient (Wildman–Crippen LogP) is 5.13. The standard InChI is InChI=1S/C26H24ClN3O3S2/c1-18-3-6-21(7-4-18)26(31)29-9-11-30(12-10-29)35(32,33)25-15-20(17-28)5-8-24(25)34-23-14-19(2)13-22(27)16-23/h3-8,13-16H,9-12H2,1-2H3. The third-order valence-corrected chi connectivity index (χ3v) is 9.09. The summed E-state index contributed by atoms with van der Waals surface area (Å²) in [5.74, 6) is -0.110. The smallest absolute Gasteiger partial charge is 0.253 e. The molecule has 0 N–H and O–H groups in total. The molecule has 3 aromatic rings. The fourth-order valence-electron chi connectivity index (χ4n) is 3.90. The molecular weight excluding hydrogens is 502 g/mol. The van der Waals surface area contributed by atoms with Gasteiger partial charge < -0.3 is 4.90 Å². The number of piperazine rings is 1. The summed E-state index contributed by atoms with van der Waals surface area (Å²) in [7, 11) is -3.89. The SMILES string of the molecule is Cc1ccc(C(=O)N2CCN(S(=O)(=O)c3cc(C#N)ccc3Sc3cc(C)cc(Cl)c3)CC2)cc1. The molecule has 35 heavy (non-hydrogen) atoms. The van der Waals surface area contributed by atoms with E-state index in [1.807, 2.05) is 44.2 Å². The maximum absolute atomic E-state index is 13.7. The zero-order chi connectivity index (χ0) is 25.2. The minimum atomic E-state index is -3.89. The quantitative estimate of drug-likeness (QED) is 0.461. The largest absolute Gasteiger partial charge is 0.336 e. The van der Waals surface area contributed by atoms with Crippen LogP contribution in [0.25, 0.3) is 0 Å². The Hall–Kier alpha value is -2.83. The molecular formula is C26H24ClN3O3S2. The van der Waals surface area contributed by atoms with Gasteiger partial charge in [-0.25, -0.2) is 8.42 Å². The Morgan fingerprint density at radius 2 is 1.63 bits per heavy atom. The Balaban J connectivity index is 1.57. The van der Waals surface area contributed by atoms with Crippen LogP contribution in [-0.4, -0.2) is 49.7 Å². The monoisotopic (exact) mass is 525 g/mol. The van der Waals surface area contributed by atoms with Crippen molar-refractivity contribution < 1.29 is 13.2 Å². The van der Waals surface area contributed by atoms with Crippen LogP contribution in [0.15, 0.2) is 75.4 Å². The summed E-state index contributed by atoms with van der Waals surface area (Å²) in [5, 5.41) is 9.96. The summed E-state index contributed by atoms with van der Waals surface area (Å²) in [6.45, 7) is 4.82. The molecule has 9 heteroatoms. The van der Waals surface area contributed by atoms with Gasteiger partial charge in [-0.3, -0.25) is 4.79 Å². The van der Waals surface area contributed by atoms with Crippen molar-refractivity contribution in [3.05, 3.63) is 87.9 Å². The fraction of sp³-hybridized carbons (Fsp3) is 0.231. The number of nitriles is 1. The summed E-state index contributed by atoms with van der Waals surface area (Å²) in [4.78, 5) is 15.9. The van der Waals surface area contributed by atoms with Crippen LogP contribution in [-0.2, 0) is 10.0 Å². The van der Waals surface area contributed by atoms with Crippen LogP contribution in [0.2, 0.25) is 5.02 Å². The molecule has 0 radical (unpaired) electrons. The number of halogens is 1. The molecule has 0 saturated carbocycles. The van der Waals surface area contributed by atoms with Gasteiger partial charge in [-0.2, -0.15) is 9.57 Å². The lowest BCUT2D eigenvalue weighted by molar-refractivity contribution is 0.0698. The van der Waals surface area contributed by atoms with Crippen molar-refractivity contribution in [1.82, 2.24) is 9.21 Å². The van der Waals surface area contributed by atoms with Gasteiger partial charge in [0.25, 0.3) is 5.91 Å². The minimum Gasteiger partial charge on any atom is -0.336 e. The van der Waals surface area contributed by atoms with Crippen LogP contribution < -0.4 is 0 Å². The van der Waals surface area contributed by atoms with Crippen LogP contribution in [0.3, 0.4) is 0 Å². The Kier molecular flexibility index (Phi) is 7.53. The molecule has 0 bridgehead atoms. The highest BCUT2D eigenvalue weighted by atomic mass is 35.5. The second-order valence-corrected chi connectivity index (χ2v) is 11.9. The third kappa shape index (κ3) is 5.71. The van der Waals surface area contributed by atoms with Gasteiger partial charge in [0.05, 0.1) is 16.5 Å². The highest BCUT2D eigenvalue weighted by Gasteiger charge is 2.32. The molecule has 0 atom stereocenters. The summed E-state index contributed by atoms with van der Waals surface area (Å²) >= 11 is 7.48. The minimum absolute atomic E-state index is 0.0810. The van der Waals surface area contributed by atoms with E-state index in [0.29, 0.717) is 28.6 Å². The van der Waals surface area contributed by atoms with Crippen LogP contribution in [0, 0.1) is 25.2 Å². The third-order valence-electron chi connectivity index (χ3n) is 5.76. The summed E-state index contributed by atoms with van der Waals surface area (Å²) < 4.78 is 28.7. The highest BCUT2D eigenvalue weighted by molar-refractivity contribution is 8.00. The molecule has 3 aromatic carbocycles. The normalized spacial score (nSPS) is 14.5. The molecule has 1 aliphatic heterocycles. The summed E-state index contributed by atoms with van der Waals surface area (Å²) in [6.07, 6.45) is 0. The van der Waals surface area contributed by atoms with E-state index in [4.69, 9.17) is 11.6 Å². The Labute approximate surface area is 215 Å². The molecule has 1 fully saturated rings. The van der Waals surface area contributed by atoms with E-state index >= 15 is 0 Å². The molecule has 180 valence electrons. The first-order valence-electron chi connectivity index (χ1n) is 11.0. The van der Waals surface area contributed by atoms with Crippen molar-refractivity contribution in [3.63, 3.8) is 0 Å². The van der Waals surface area contributed by atoms with Gasteiger partial charge in [-0.05, 0) is 67.9 Å². The fourth-order valence-corrected chi connectivity index (χ4v) is 7.20. The zero-order valence-corrected chi connectivity index (χ0v) is 21.8. The number of sulfonamides is 1. The first kappa shape index (κ1) is 25.3. The van der Waals surface area contributed by atoms with Gasteiger partial charge in [0.2, 0.25) is 10.0 Å². The Morgan fingerprint density at radius 1 is 0.943 bits per heavy atom. The molecule has 1 heterocycles. The number of nitrogens with zero attached hydrogens (tertiary/aromatic N) is 3. The van der Waals surface area contributed by atoms with Crippen molar-refractivity contribution in [3.8, 4) is 6.07 Å². The Morgan fingerprint density at radius 3 is 2.26 bits per heavy atom. The maximum Gasteiger partial charge on any atom is 0.253 e. The number of hydrogen-bond donors (Lipinski definition) is 0. The van der Waals surface area contributed by atoms with Gasteiger partial charge in [0.15, 0.2) is 0 Å². The number of aryl methyl sites for hydroxylation is 2. The molecule has 1 aliphatic rings. The second kappa shape index (κ2) is 10.4. The van der Waals surface area contributed by atoms with Crippen LogP contribution in [0.4, 0.5) is 0 Å². The van der Waals surface area contributed by atoms with E-state index in [9.17, 15) is 18.5 Å². The molecule has 1 amide bonds. The summed E-state index contributed by atoms with van der Waals surface area (Å²) in [6, 6.07) is 19.6. The van der Waals surface area contributed by atoms with E-state index in [1.54, 1.807) is 35.2 Å². The summed E-state index contributed by atoms with van der Waals surface area (Å²) in [5.41, 5.74) is 2.89. The number of rotatable bonds is 5. The van der Waals surface area contributed by atoms with Gasteiger partial charge in [-0.1, -0.05) is 41.1 Å². The van der Waals surface area contributed by atoms with Crippen LogP contribution in [0.5, 0.6) is 0 Å². The first-order chi connectivity index (χ1) is 16.7. The van der Waals surface area contributed by atoms with E-state index in [1.165, 1.54) is 22.1 Å². The molecule has 0 spiro atoms. The lowest BCUT2D eigenvalue weighted by Gasteiger charge is -2.34. The van der Waals surface area contributed by atoms with Crippen molar-refractivity contribution in [1.29, 1.82) is 5.26 Å². The van der Waals surface area contributed by atoms with Crippen LogP contribution in [0.1, 0.15) is 27.0 Å². The van der Waals surface area contributed by atoms with Crippen molar-refractivity contribution in [2.75, 3.05) is 26.2 Å². The number of amides is 1. The molecule has 1 saturated heterocycles. The zero-order valence-electron chi connectivity index (χ0n) is 19.4. The number of hydrogen-bond acceptors (Lipinski definition) is 5. The molecule has 0 aromatic heterocycles. The highest BCUT2D eigenvalue weighted by Crippen LogP contribution is 2.36. The predicted molar refractivity (Wildman–Crippen MR) is 137 cm³/mol. The van der Waals surface area contributed by atoms with Crippen molar-refractivity contribution >= 4 is 39.3 Å². The van der Waals surface area contributed by atoms with Gasteiger partial charge in [0.1, 0.15) is 0 Å². The van der Waals surface area contributed by atoms with Gasteiger partial charge in [-0.15, -0.1) is 0 Å². The van der Waals surface area contributed by atoms with Crippen LogP contribution >= 0.6 is 23.4 Å². The maximum atomic E-state index is 13.7. The van der Waals surface area contributed by atoms with E-state index in [-0.39, 0.29) is 29.5 Å². The Bertz CT molecular complexity index is 1390. The average Bonchev–Trinajstić information content (AvgIpc) is 2.83. The lowest BCUT2D eigenvalue weighted by atomic mass is 10.1. The molecule has 0 unspecified atom stereocenters. The average molecular weight is 526 g/mol. The van der Waals surface area contributed by atoms with E-state index in [0.717, 1.165) is 16.0 Å². The molecule has 4 rings (SSSR count). The number of benzene rings is 3. The lowest BCUT2D eigenvalue weighted by Crippen LogP contribution is -2.50. The van der Waals surface area contributed by atoms with Gasteiger partial charge in [0, 0.05) is 46.6 Å². The van der Waals surface area contributed by atoms with Crippen molar-refractivity contribution in [2.45, 2.75) is 28.5 Å². The second-order valence-electron chi connectivity index (χ2n) is 8.40.